The Morgan fingerprint density at radius 1 is 1.04 bits per heavy atom. The minimum Gasteiger partial charge on any atom is -0.508 e. The van der Waals surface area contributed by atoms with Gasteiger partial charge in [-0.1, -0.05) is 12.1 Å². The lowest BCUT2D eigenvalue weighted by Crippen LogP contribution is -2.42. The van der Waals surface area contributed by atoms with Gasteiger partial charge in [0, 0.05) is 5.56 Å². The van der Waals surface area contributed by atoms with Gasteiger partial charge in [0.1, 0.15) is 11.5 Å². The SMILES string of the molecule is O=C=C(O)c1cc(C(=O)NNC(=O)Cc2cccc(O)c2)ccc1O. The molecular weight excluding hydrogens is 328 g/mol. The van der Waals surface area contributed by atoms with Gasteiger partial charge in [-0.15, -0.1) is 0 Å². The molecular formula is C17H14N2O6. The van der Waals surface area contributed by atoms with E-state index < -0.39 is 23.3 Å². The molecule has 8 heteroatoms. The molecule has 0 atom stereocenters. The summed E-state index contributed by atoms with van der Waals surface area (Å²) in [5, 5.41) is 28.2. The number of hydrazine groups is 1. The largest absolute Gasteiger partial charge is 0.508 e. The summed E-state index contributed by atoms with van der Waals surface area (Å²) < 4.78 is 0. The predicted octanol–water partition coefficient (Wildman–Crippen LogP) is 0.832. The van der Waals surface area contributed by atoms with E-state index in [2.05, 4.69) is 10.9 Å². The van der Waals surface area contributed by atoms with E-state index in [0.717, 1.165) is 12.1 Å². The van der Waals surface area contributed by atoms with E-state index >= 15 is 0 Å². The van der Waals surface area contributed by atoms with Crippen LogP contribution in [0.15, 0.2) is 42.5 Å². The summed E-state index contributed by atoms with van der Waals surface area (Å²) in [6.45, 7) is 0. The Morgan fingerprint density at radius 3 is 2.48 bits per heavy atom. The number of aliphatic hydroxyl groups is 1. The van der Waals surface area contributed by atoms with Crippen LogP contribution in [0.5, 0.6) is 11.5 Å². The van der Waals surface area contributed by atoms with Crippen LogP contribution >= 0.6 is 0 Å². The lowest BCUT2D eigenvalue weighted by molar-refractivity contribution is -0.121. The van der Waals surface area contributed by atoms with Crippen molar-refractivity contribution in [3.63, 3.8) is 0 Å². The third kappa shape index (κ3) is 4.60. The first-order valence-corrected chi connectivity index (χ1v) is 7.05. The molecule has 0 bridgehead atoms. The second-order valence-electron chi connectivity index (χ2n) is 5.03. The fourth-order valence-corrected chi connectivity index (χ4v) is 2.02. The summed E-state index contributed by atoms with van der Waals surface area (Å²) in [4.78, 5) is 34.2. The molecule has 2 aromatic rings. The monoisotopic (exact) mass is 342 g/mol. The molecule has 0 saturated heterocycles. The van der Waals surface area contributed by atoms with Crippen LogP contribution in [0.4, 0.5) is 0 Å². The molecule has 5 N–H and O–H groups in total. The van der Waals surface area contributed by atoms with Gasteiger partial charge in [-0.05, 0) is 35.9 Å². The molecule has 0 fully saturated rings. The highest BCUT2D eigenvalue weighted by molar-refractivity contribution is 5.97. The number of carbonyl (C=O) groups excluding carboxylic acids is 3. The van der Waals surface area contributed by atoms with Crippen molar-refractivity contribution < 1.29 is 29.7 Å². The van der Waals surface area contributed by atoms with Crippen molar-refractivity contribution in [2.45, 2.75) is 6.42 Å². The summed E-state index contributed by atoms with van der Waals surface area (Å²) in [6.07, 6.45) is -0.0653. The number of nitrogens with one attached hydrogen (secondary N) is 2. The van der Waals surface area contributed by atoms with Crippen molar-refractivity contribution >= 4 is 23.5 Å². The number of rotatable bonds is 4. The molecule has 0 heterocycles. The van der Waals surface area contributed by atoms with E-state index in [4.69, 9.17) is 0 Å². The lowest BCUT2D eigenvalue weighted by Gasteiger charge is -2.09. The quantitative estimate of drug-likeness (QED) is 0.317. The minimum atomic E-state index is -0.847. The van der Waals surface area contributed by atoms with Crippen LogP contribution in [-0.2, 0) is 16.0 Å². The zero-order valence-corrected chi connectivity index (χ0v) is 12.8. The van der Waals surface area contributed by atoms with Crippen LogP contribution in [-0.4, -0.2) is 33.1 Å². The maximum Gasteiger partial charge on any atom is 0.269 e. The Kier molecular flexibility index (Phi) is 5.39. The molecule has 0 aliphatic carbocycles. The second-order valence-corrected chi connectivity index (χ2v) is 5.03. The number of amides is 2. The topological polar surface area (TPSA) is 136 Å². The van der Waals surface area contributed by atoms with Crippen LogP contribution in [0.1, 0.15) is 21.5 Å². The van der Waals surface area contributed by atoms with E-state index in [1.165, 1.54) is 24.1 Å². The van der Waals surface area contributed by atoms with Crippen LogP contribution in [0.3, 0.4) is 0 Å². The number of phenolic OH excluding ortho intramolecular Hbond substituents is 2. The van der Waals surface area contributed by atoms with Crippen molar-refractivity contribution in [2.75, 3.05) is 0 Å². The molecule has 2 rings (SSSR count). The van der Waals surface area contributed by atoms with Gasteiger partial charge in [-0.2, -0.15) is 0 Å². The first kappa shape index (κ1) is 17.6. The van der Waals surface area contributed by atoms with Crippen molar-refractivity contribution in [3.8, 4) is 11.5 Å². The fraction of sp³-hybridized carbons (Fsp3) is 0.0588. The number of aromatic hydroxyl groups is 2. The smallest absolute Gasteiger partial charge is 0.269 e. The average molecular weight is 342 g/mol. The molecule has 0 saturated carbocycles. The number of hydrogen-bond donors (Lipinski definition) is 5. The number of phenols is 2. The molecule has 2 aromatic carbocycles. The zero-order valence-electron chi connectivity index (χ0n) is 12.8. The van der Waals surface area contributed by atoms with Crippen molar-refractivity contribution in [1.29, 1.82) is 0 Å². The van der Waals surface area contributed by atoms with Gasteiger partial charge in [-0.25, -0.2) is 4.79 Å². The molecule has 0 spiro atoms. The average Bonchev–Trinajstić information content (AvgIpc) is 2.59. The Hall–Kier alpha value is -3.77. The van der Waals surface area contributed by atoms with Gasteiger partial charge in [0.15, 0.2) is 5.94 Å². The Balaban J connectivity index is 2.00. The van der Waals surface area contributed by atoms with Gasteiger partial charge in [0.2, 0.25) is 11.7 Å². The van der Waals surface area contributed by atoms with E-state index in [1.807, 2.05) is 0 Å². The first-order valence-electron chi connectivity index (χ1n) is 7.05. The van der Waals surface area contributed by atoms with E-state index in [1.54, 1.807) is 12.1 Å². The highest BCUT2D eigenvalue weighted by Crippen LogP contribution is 2.23. The molecule has 25 heavy (non-hydrogen) atoms. The van der Waals surface area contributed by atoms with Gasteiger partial charge in [0.05, 0.1) is 12.0 Å². The highest BCUT2D eigenvalue weighted by atomic mass is 16.3. The summed E-state index contributed by atoms with van der Waals surface area (Å²) in [6, 6.07) is 9.55. The number of hydrogen-bond acceptors (Lipinski definition) is 6. The molecule has 0 aromatic heterocycles. The van der Waals surface area contributed by atoms with Crippen molar-refractivity contribution in [3.05, 3.63) is 59.2 Å². The minimum absolute atomic E-state index is 0.00717. The molecule has 128 valence electrons. The second kappa shape index (κ2) is 7.67. The van der Waals surface area contributed by atoms with Gasteiger partial charge >= 0.3 is 0 Å². The first-order chi connectivity index (χ1) is 11.9. The number of carbonyl (C=O) groups is 2. The maximum atomic E-state index is 12.0. The molecule has 0 unspecified atom stereocenters. The van der Waals surface area contributed by atoms with Crippen LogP contribution in [0, 0.1) is 0 Å². The number of benzene rings is 2. The Morgan fingerprint density at radius 2 is 1.80 bits per heavy atom. The maximum absolute atomic E-state index is 12.0. The molecule has 0 aliphatic rings. The van der Waals surface area contributed by atoms with Gasteiger partial charge < -0.3 is 15.3 Å². The summed E-state index contributed by atoms with van der Waals surface area (Å²) in [5.74, 6) is -1.25. The molecule has 8 nitrogen and oxygen atoms in total. The van der Waals surface area contributed by atoms with Crippen LogP contribution < -0.4 is 10.9 Å². The zero-order chi connectivity index (χ0) is 18.4. The van der Waals surface area contributed by atoms with Crippen LogP contribution in [0.2, 0.25) is 0 Å². The third-order valence-electron chi connectivity index (χ3n) is 3.20. The fourth-order valence-electron chi connectivity index (χ4n) is 2.02. The molecule has 0 aliphatic heterocycles. The molecule has 0 radical (unpaired) electrons. The summed E-state index contributed by atoms with van der Waals surface area (Å²) >= 11 is 0. The summed E-state index contributed by atoms with van der Waals surface area (Å²) in [5.41, 5.74) is 4.65. The van der Waals surface area contributed by atoms with Gasteiger partial charge in [-0.3, -0.25) is 20.4 Å². The summed E-state index contributed by atoms with van der Waals surface area (Å²) in [7, 11) is 0. The normalized spacial score (nSPS) is 9.76. The number of aliphatic hydroxyl groups excluding tert-OH is 1. The van der Waals surface area contributed by atoms with Crippen LogP contribution in [0.25, 0.3) is 5.76 Å². The Labute approximate surface area is 142 Å². The predicted molar refractivity (Wildman–Crippen MR) is 87.3 cm³/mol. The standard InChI is InChI=1S/C17H14N2O6/c20-9-15(23)13-8-11(4-5-14(13)22)17(25)19-18-16(24)7-10-2-1-3-12(21)6-10/h1-6,8,21-23H,7H2,(H,18,24)(H,19,25). The Bertz CT molecular complexity index is 871. The third-order valence-corrected chi connectivity index (χ3v) is 3.20. The van der Waals surface area contributed by atoms with E-state index in [9.17, 15) is 29.7 Å². The van der Waals surface area contributed by atoms with Crippen molar-refractivity contribution in [1.82, 2.24) is 10.9 Å². The highest BCUT2D eigenvalue weighted by Gasteiger charge is 2.13. The molecule has 2 amide bonds. The van der Waals surface area contributed by atoms with E-state index in [-0.39, 0.29) is 23.3 Å². The van der Waals surface area contributed by atoms with Crippen molar-refractivity contribution in [2.24, 2.45) is 0 Å². The van der Waals surface area contributed by atoms with E-state index in [0.29, 0.717) is 5.56 Å². The van der Waals surface area contributed by atoms with Gasteiger partial charge in [0.25, 0.3) is 5.91 Å². The lowest BCUT2D eigenvalue weighted by atomic mass is 10.1.